The summed E-state index contributed by atoms with van der Waals surface area (Å²) in [4.78, 5) is 4.18. The average molecular weight is 263 g/mol. The molecule has 4 nitrogen and oxygen atoms in total. The molecule has 1 aromatic heterocycles. The van der Waals surface area contributed by atoms with E-state index in [2.05, 4.69) is 10.3 Å². The summed E-state index contributed by atoms with van der Waals surface area (Å²) >= 11 is 0. The largest absolute Gasteiger partial charge is 0.398 e. The first kappa shape index (κ1) is 14.3. The van der Waals surface area contributed by atoms with E-state index >= 15 is 0 Å². The predicted octanol–water partition coefficient (Wildman–Crippen LogP) is 2.14. The molecule has 1 heterocycles. The molecule has 2 rings (SSSR count). The first-order valence-corrected chi connectivity index (χ1v) is 7.12. The summed E-state index contributed by atoms with van der Waals surface area (Å²) < 4.78 is 5.92. The summed E-state index contributed by atoms with van der Waals surface area (Å²) in [6.45, 7) is 0. The monoisotopic (exact) mass is 263 g/mol. The van der Waals surface area contributed by atoms with Crippen LogP contribution in [0.1, 0.15) is 37.7 Å². The summed E-state index contributed by atoms with van der Waals surface area (Å²) in [6.07, 6.45) is 10.5. The van der Waals surface area contributed by atoms with Crippen LogP contribution >= 0.6 is 0 Å². The maximum atomic E-state index is 6.03. The van der Waals surface area contributed by atoms with Crippen molar-refractivity contribution >= 4 is 5.69 Å². The number of likely N-dealkylation sites (N-methyl/N-ethyl adjacent to an activating group) is 1. The minimum Gasteiger partial charge on any atom is -0.398 e. The topological polar surface area (TPSA) is 60.2 Å². The van der Waals surface area contributed by atoms with Crippen LogP contribution in [0.3, 0.4) is 0 Å². The molecule has 0 bridgehead atoms. The van der Waals surface area contributed by atoms with Crippen molar-refractivity contribution in [2.45, 2.75) is 50.2 Å². The van der Waals surface area contributed by atoms with E-state index < -0.39 is 0 Å². The third-order valence-electron chi connectivity index (χ3n) is 4.46. The van der Waals surface area contributed by atoms with Gasteiger partial charge in [-0.1, -0.05) is 19.3 Å². The van der Waals surface area contributed by atoms with E-state index in [1.165, 1.54) is 19.3 Å². The number of pyridine rings is 1. The van der Waals surface area contributed by atoms with Gasteiger partial charge in [-0.15, -0.1) is 0 Å². The highest BCUT2D eigenvalue weighted by Crippen LogP contribution is 2.35. The molecule has 0 amide bonds. The first-order chi connectivity index (χ1) is 9.22. The van der Waals surface area contributed by atoms with Gasteiger partial charge >= 0.3 is 0 Å². The Labute approximate surface area is 115 Å². The van der Waals surface area contributed by atoms with Gasteiger partial charge in [-0.3, -0.25) is 4.98 Å². The third-order valence-corrected chi connectivity index (χ3v) is 4.46. The van der Waals surface area contributed by atoms with Crippen molar-refractivity contribution in [2.75, 3.05) is 19.9 Å². The highest BCUT2D eigenvalue weighted by atomic mass is 16.5. The van der Waals surface area contributed by atoms with Crippen molar-refractivity contribution in [1.29, 1.82) is 0 Å². The predicted molar refractivity (Wildman–Crippen MR) is 78.0 cm³/mol. The number of nitrogens with zero attached hydrogens (tertiary/aromatic N) is 1. The molecular formula is C15H25N3O. The van der Waals surface area contributed by atoms with Gasteiger partial charge in [0.25, 0.3) is 0 Å². The summed E-state index contributed by atoms with van der Waals surface area (Å²) in [5, 5.41) is 3.43. The molecule has 1 atom stereocenters. The van der Waals surface area contributed by atoms with Gasteiger partial charge in [0.1, 0.15) is 0 Å². The number of hydrogen-bond donors (Lipinski definition) is 2. The number of anilines is 1. The van der Waals surface area contributed by atoms with E-state index in [1.807, 2.05) is 26.4 Å². The van der Waals surface area contributed by atoms with Crippen molar-refractivity contribution in [3.05, 3.63) is 24.0 Å². The molecule has 106 valence electrons. The fourth-order valence-corrected chi connectivity index (χ4v) is 3.22. The molecule has 1 fully saturated rings. The Balaban J connectivity index is 2.17. The number of nitrogens with one attached hydrogen (secondary N) is 1. The van der Waals surface area contributed by atoms with Crippen LogP contribution in [-0.4, -0.2) is 30.8 Å². The Morgan fingerprint density at radius 1 is 1.42 bits per heavy atom. The summed E-state index contributed by atoms with van der Waals surface area (Å²) in [6, 6.07) is 2.15. The van der Waals surface area contributed by atoms with Crippen LogP contribution in [0.25, 0.3) is 0 Å². The zero-order valence-electron chi connectivity index (χ0n) is 12.0. The number of hydrogen-bond acceptors (Lipinski definition) is 4. The lowest BCUT2D eigenvalue weighted by Gasteiger charge is -2.42. The van der Waals surface area contributed by atoms with Crippen molar-refractivity contribution in [3.63, 3.8) is 0 Å². The molecule has 19 heavy (non-hydrogen) atoms. The molecule has 1 aromatic rings. The molecule has 1 saturated carbocycles. The Morgan fingerprint density at radius 2 is 2.16 bits per heavy atom. The van der Waals surface area contributed by atoms with Crippen LogP contribution in [0.5, 0.6) is 0 Å². The van der Waals surface area contributed by atoms with Gasteiger partial charge in [0.05, 0.1) is 5.60 Å². The molecule has 0 aliphatic heterocycles. The van der Waals surface area contributed by atoms with Crippen molar-refractivity contribution < 1.29 is 4.74 Å². The molecule has 0 radical (unpaired) electrons. The molecule has 4 heteroatoms. The van der Waals surface area contributed by atoms with Gasteiger partial charge in [-0.25, -0.2) is 0 Å². The van der Waals surface area contributed by atoms with Crippen LogP contribution in [0.15, 0.2) is 18.5 Å². The molecule has 1 aliphatic carbocycles. The van der Waals surface area contributed by atoms with Gasteiger partial charge in [-0.2, -0.15) is 0 Å². The van der Waals surface area contributed by atoms with Crippen molar-refractivity contribution in [1.82, 2.24) is 10.3 Å². The van der Waals surface area contributed by atoms with E-state index in [-0.39, 0.29) is 11.6 Å². The van der Waals surface area contributed by atoms with E-state index in [0.29, 0.717) is 0 Å². The molecule has 3 N–H and O–H groups in total. The van der Waals surface area contributed by atoms with Crippen LogP contribution in [0.2, 0.25) is 0 Å². The average Bonchev–Trinajstić information content (AvgIpc) is 2.47. The summed E-state index contributed by atoms with van der Waals surface area (Å²) in [7, 11) is 3.84. The SMILES string of the molecule is CNC(Cc1cnccc1N)C1(OC)CCCCC1. The quantitative estimate of drug-likeness (QED) is 0.854. The van der Waals surface area contributed by atoms with Crippen molar-refractivity contribution in [3.8, 4) is 0 Å². The highest BCUT2D eigenvalue weighted by Gasteiger charge is 2.39. The standard InChI is InChI=1S/C15H25N3O/c1-17-14(10-12-11-18-9-6-13(12)16)15(19-2)7-4-3-5-8-15/h6,9,11,14,17H,3-5,7-8,10H2,1-2H3,(H2,16,18). The lowest BCUT2D eigenvalue weighted by atomic mass is 9.77. The van der Waals surface area contributed by atoms with E-state index in [1.54, 1.807) is 6.20 Å². The molecule has 1 aliphatic rings. The molecule has 0 aromatic carbocycles. The minimum absolute atomic E-state index is 0.0602. The second-order valence-corrected chi connectivity index (χ2v) is 5.45. The van der Waals surface area contributed by atoms with Crippen LogP contribution in [0, 0.1) is 0 Å². The normalized spacial score (nSPS) is 20.1. The van der Waals surface area contributed by atoms with Gasteiger partial charge in [0, 0.05) is 31.2 Å². The Morgan fingerprint density at radius 3 is 2.74 bits per heavy atom. The highest BCUT2D eigenvalue weighted by molar-refractivity contribution is 5.44. The minimum atomic E-state index is -0.0602. The number of nitrogens with two attached hydrogens (primary N) is 1. The fourth-order valence-electron chi connectivity index (χ4n) is 3.22. The second kappa shape index (κ2) is 6.35. The Hall–Kier alpha value is -1.13. The van der Waals surface area contributed by atoms with Crippen LogP contribution in [0.4, 0.5) is 5.69 Å². The molecule has 0 saturated heterocycles. The molecule has 0 spiro atoms. The zero-order chi connectivity index (χ0) is 13.7. The number of aromatic nitrogens is 1. The van der Waals surface area contributed by atoms with E-state index in [4.69, 9.17) is 10.5 Å². The van der Waals surface area contributed by atoms with Gasteiger partial charge in [0.15, 0.2) is 0 Å². The third kappa shape index (κ3) is 3.07. The van der Waals surface area contributed by atoms with Gasteiger partial charge < -0.3 is 15.8 Å². The van der Waals surface area contributed by atoms with Crippen molar-refractivity contribution in [2.24, 2.45) is 0 Å². The maximum Gasteiger partial charge on any atom is 0.0834 e. The lowest BCUT2D eigenvalue weighted by molar-refractivity contribution is -0.0656. The van der Waals surface area contributed by atoms with E-state index in [9.17, 15) is 0 Å². The number of methoxy groups -OCH3 is 1. The summed E-state index contributed by atoms with van der Waals surface area (Å²) in [5.41, 5.74) is 7.89. The van der Waals surface area contributed by atoms with Gasteiger partial charge in [-0.05, 0) is 37.9 Å². The lowest BCUT2D eigenvalue weighted by Crippen LogP contribution is -2.53. The Bertz CT molecular complexity index is 402. The number of ether oxygens (including phenoxy) is 1. The summed E-state index contributed by atoms with van der Waals surface area (Å²) in [5.74, 6) is 0. The second-order valence-electron chi connectivity index (χ2n) is 5.45. The number of rotatable bonds is 5. The Kier molecular flexibility index (Phi) is 4.77. The van der Waals surface area contributed by atoms with Gasteiger partial charge in [0.2, 0.25) is 0 Å². The van der Waals surface area contributed by atoms with Crippen LogP contribution < -0.4 is 11.1 Å². The van der Waals surface area contributed by atoms with E-state index in [0.717, 1.165) is 30.5 Å². The first-order valence-electron chi connectivity index (χ1n) is 7.12. The number of nitrogen functional groups attached to an aromatic ring is 1. The fraction of sp³-hybridized carbons (Fsp3) is 0.667. The van der Waals surface area contributed by atoms with Crippen LogP contribution in [-0.2, 0) is 11.2 Å². The zero-order valence-corrected chi connectivity index (χ0v) is 12.0. The molecular weight excluding hydrogens is 238 g/mol. The maximum absolute atomic E-state index is 6.03. The molecule has 1 unspecified atom stereocenters. The smallest absolute Gasteiger partial charge is 0.0834 e.